The monoisotopic (exact) mass is 312 g/mol. The zero-order valence-electron chi connectivity index (χ0n) is 13.7. The van der Waals surface area contributed by atoms with Gasteiger partial charge >= 0.3 is 0 Å². The Labute approximate surface area is 134 Å². The lowest BCUT2D eigenvalue weighted by Crippen LogP contribution is -2.23. The lowest BCUT2D eigenvalue weighted by Gasteiger charge is -2.20. The van der Waals surface area contributed by atoms with Crippen molar-refractivity contribution in [1.29, 1.82) is 0 Å². The van der Waals surface area contributed by atoms with Crippen molar-refractivity contribution in [2.75, 3.05) is 6.54 Å². The number of hydrogen-bond donors (Lipinski definition) is 0. The van der Waals surface area contributed by atoms with E-state index in [-0.39, 0.29) is 6.04 Å². The fraction of sp³-hybridized carbons (Fsp3) is 0.500. The summed E-state index contributed by atoms with van der Waals surface area (Å²) in [6.07, 6.45) is 4.28. The number of imidazole rings is 1. The van der Waals surface area contributed by atoms with Crippen LogP contribution in [0.5, 0.6) is 0 Å². The molecule has 3 aromatic heterocycles. The molecule has 0 saturated carbocycles. The minimum Gasteiger partial charge on any atom is -0.340 e. The highest BCUT2D eigenvalue weighted by molar-refractivity contribution is 5.34. The first-order valence-corrected chi connectivity index (χ1v) is 7.96. The standard InChI is InChI=1S/C16H20N6O/c1-10-7-11(2)22-9-13(19-16(22)17-10)8-21-6-4-5-14(21)15-18-12(3)23-20-15/h7,9,14H,4-6,8H2,1-3H3/t14-/m1/s1. The van der Waals surface area contributed by atoms with Crippen LogP contribution < -0.4 is 0 Å². The predicted octanol–water partition coefficient (Wildman–Crippen LogP) is 2.37. The molecule has 120 valence electrons. The van der Waals surface area contributed by atoms with Crippen molar-refractivity contribution in [1.82, 2.24) is 29.4 Å². The maximum absolute atomic E-state index is 5.13. The Bertz CT molecular complexity index is 851. The molecule has 0 spiro atoms. The van der Waals surface area contributed by atoms with Crippen LogP contribution in [-0.2, 0) is 6.54 Å². The smallest absolute Gasteiger partial charge is 0.234 e. The van der Waals surface area contributed by atoms with Crippen LogP contribution >= 0.6 is 0 Å². The molecule has 7 nitrogen and oxygen atoms in total. The van der Waals surface area contributed by atoms with Crippen LogP contribution in [0.4, 0.5) is 0 Å². The molecule has 0 radical (unpaired) electrons. The van der Waals surface area contributed by atoms with Gasteiger partial charge in [0.1, 0.15) is 0 Å². The lowest BCUT2D eigenvalue weighted by atomic mass is 10.2. The summed E-state index contributed by atoms with van der Waals surface area (Å²) in [6.45, 7) is 7.71. The fourth-order valence-electron chi connectivity index (χ4n) is 3.36. The van der Waals surface area contributed by atoms with Gasteiger partial charge in [0.2, 0.25) is 11.7 Å². The maximum atomic E-state index is 5.13. The Morgan fingerprint density at radius 3 is 2.87 bits per heavy atom. The average molecular weight is 312 g/mol. The highest BCUT2D eigenvalue weighted by Crippen LogP contribution is 2.31. The van der Waals surface area contributed by atoms with E-state index in [9.17, 15) is 0 Å². The summed E-state index contributed by atoms with van der Waals surface area (Å²) in [5.41, 5.74) is 3.17. The Morgan fingerprint density at radius 2 is 2.09 bits per heavy atom. The van der Waals surface area contributed by atoms with Crippen molar-refractivity contribution in [2.45, 2.75) is 46.2 Å². The van der Waals surface area contributed by atoms with Gasteiger partial charge in [0.05, 0.1) is 11.7 Å². The molecule has 0 aliphatic carbocycles. The van der Waals surface area contributed by atoms with Crippen molar-refractivity contribution in [3.8, 4) is 0 Å². The molecule has 1 fully saturated rings. The third-order valence-corrected chi connectivity index (χ3v) is 4.38. The first-order valence-electron chi connectivity index (χ1n) is 7.96. The molecule has 1 aliphatic heterocycles. The third-order valence-electron chi connectivity index (χ3n) is 4.38. The number of likely N-dealkylation sites (tertiary alicyclic amines) is 1. The summed E-state index contributed by atoms with van der Waals surface area (Å²) >= 11 is 0. The van der Waals surface area contributed by atoms with Gasteiger partial charge in [-0.25, -0.2) is 9.97 Å². The molecular formula is C16H20N6O. The molecule has 1 atom stereocenters. The van der Waals surface area contributed by atoms with Gasteiger partial charge < -0.3 is 4.52 Å². The largest absolute Gasteiger partial charge is 0.340 e. The normalized spacial score (nSPS) is 19.0. The second-order valence-electron chi connectivity index (χ2n) is 6.24. The highest BCUT2D eigenvalue weighted by atomic mass is 16.5. The second-order valence-corrected chi connectivity index (χ2v) is 6.24. The van der Waals surface area contributed by atoms with Crippen LogP contribution in [0.15, 0.2) is 16.8 Å². The average Bonchev–Trinajstić information content (AvgIpc) is 3.18. The Hall–Kier alpha value is -2.28. The van der Waals surface area contributed by atoms with E-state index in [1.807, 2.05) is 18.2 Å². The number of nitrogens with zero attached hydrogens (tertiary/aromatic N) is 6. The van der Waals surface area contributed by atoms with Crippen molar-refractivity contribution in [3.05, 3.63) is 41.1 Å². The van der Waals surface area contributed by atoms with Crippen LogP contribution in [0.1, 0.15) is 47.7 Å². The van der Waals surface area contributed by atoms with Gasteiger partial charge in [-0.2, -0.15) is 4.98 Å². The van der Waals surface area contributed by atoms with Crippen molar-refractivity contribution in [2.24, 2.45) is 0 Å². The zero-order chi connectivity index (χ0) is 16.0. The summed E-state index contributed by atoms with van der Waals surface area (Å²) in [5, 5.41) is 4.09. The van der Waals surface area contributed by atoms with Gasteiger partial charge in [-0.05, 0) is 39.3 Å². The first kappa shape index (κ1) is 14.3. The van der Waals surface area contributed by atoms with Gasteiger partial charge in [0.25, 0.3) is 0 Å². The Morgan fingerprint density at radius 1 is 1.22 bits per heavy atom. The van der Waals surface area contributed by atoms with E-state index >= 15 is 0 Å². The van der Waals surface area contributed by atoms with Gasteiger partial charge in [-0.1, -0.05) is 5.16 Å². The molecule has 1 saturated heterocycles. The summed E-state index contributed by atoms with van der Waals surface area (Å²) in [7, 11) is 0. The third kappa shape index (κ3) is 2.61. The van der Waals surface area contributed by atoms with Crippen LogP contribution in [0.25, 0.3) is 5.78 Å². The topological polar surface area (TPSA) is 72.3 Å². The fourth-order valence-corrected chi connectivity index (χ4v) is 3.36. The summed E-state index contributed by atoms with van der Waals surface area (Å²) in [4.78, 5) is 15.9. The second kappa shape index (κ2) is 5.42. The van der Waals surface area contributed by atoms with Gasteiger partial charge in [0, 0.05) is 31.1 Å². The van der Waals surface area contributed by atoms with Crippen LogP contribution in [0, 0.1) is 20.8 Å². The van der Waals surface area contributed by atoms with E-state index in [0.717, 1.165) is 54.6 Å². The molecule has 0 N–H and O–H groups in total. The minimum atomic E-state index is 0.216. The molecular weight excluding hydrogens is 292 g/mol. The summed E-state index contributed by atoms with van der Waals surface area (Å²) in [5.74, 6) is 2.17. The number of aromatic nitrogens is 5. The highest BCUT2D eigenvalue weighted by Gasteiger charge is 2.30. The molecule has 0 amide bonds. The van der Waals surface area contributed by atoms with Gasteiger partial charge in [-0.3, -0.25) is 9.30 Å². The minimum absolute atomic E-state index is 0.216. The predicted molar refractivity (Wildman–Crippen MR) is 83.9 cm³/mol. The quantitative estimate of drug-likeness (QED) is 0.739. The van der Waals surface area contributed by atoms with Crippen LogP contribution in [0.3, 0.4) is 0 Å². The molecule has 3 aromatic rings. The number of rotatable bonds is 3. The summed E-state index contributed by atoms with van der Waals surface area (Å²) in [6, 6.07) is 2.28. The van der Waals surface area contributed by atoms with E-state index in [2.05, 4.69) is 44.2 Å². The van der Waals surface area contributed by atoms with Gasteiger partial charge in [-0.15, -0.1) is 0 Å². The number of aryl methyl sites for hydroxylation is 3. The van der Waals surface area contributed by atoms with E-state index in [1.165, 1.54) is 0 Å². The molecule has 4 heterocycles. The maximum Gasteiger partial charge on any atom is 0.234 e. The van der Waals surface area contributed by atoms with Crippen LogP contribution in [-0.4, -0.2) is 36.0 Å². The molecule has 7 heteroatoms. The molecule has 23 heavy (non-hydrogen) atoms. The van der Waals surface area contributed by atoms with Crippen molar-refractivity contribution < 1.29 is 4.52 Å². The molecule has 1 aliphatic rings. The van der Waals surface area contributed by atoms with Gasteiger partial charge in [0.15, 0.2) is 5.82 Å². The lowest BCUT2D eigenvalue weighted by molar-refractivity contribution is 0.232. The Balaban J connectivity index is 1.61. The van der Waals surface area contributed by atoms with Crippen molar-refractivity contribution in [3.63, 3.8) is 0 Å². The molecule has 4 rings (SSSR count). The molecule has 0 bridgehead atoms. The van der Waals surface area contributed by atoms with E-state index in [0.29, 0.717) is 5.89 Å². The SMILES string of the molecule is Cc1cc(C)n2cc(CN3CCC[C@@H]3c3noc(C)n3)nc2n1. The van der Waals surface area contributed by atoms with E-state index < -0.39 is 0 Å². The van der Waals surface area contributed by atoms with Crippen LogP contribution in [0.2, 0.25) is 0 Å². The first-order chi connectivity index (χ1) is 11.1. The van der Waals surface area contributed by atoms with E-state index in [4.69, 9.17) is 4.52 Å². The van der Waals surface area contributed by atoms with E-state index in [1.54, 1.807) is 0 Å². The molecule has 0 unspecified atom stereocenters. The Kier molecular flexibility index (Phi) is 3.37. The number of fused-ring (bicyclic) bond motifs is 1. The zero-order valence-corrected chi connectivity index (χ0v) is 13.7. The molecule has 0 aromatic carbocycles. The summed E-state index contributed by atoms with van der Waals surface area (Å²) < 4.78 is 7.18. The number of hydrogen-bond acceptors (Lipinski definition) is 6. The van der Waals surface area contributed by atoms with Crippen molar-refractivity contribution >= 4 is 5.78 Å².